The highest BCUT2D eigenvalue weighted by atomic mass is 16.2. The quantitative estimate of drug-likeness (QED) is 0.806. The van der Waals surface area contributed by atoms with Gasteiger partial charge < -0.3 is 5.32 Å². The van der Waals surface area contributed by atoms with Gasteiger partial charge in [-0.05, 0) is 24.5 Å². The molecule has 0 heterocycles. The fourth-order valence-corrected chi connectivity index (χ4v) is 2.48. The molecule has 1 unspecified atom stereocenters. The van der Waals surface area contributed by atoms with Crippen LogP contribution in [0, 0.1) is 0 Å². The van der Waals surface area contributed by atoms with Crippen LogP contribution in [0.5, 0.6) is 0 Å². The Balaban J connectivity index is 2.34. The summed E-state index contributed by atoms with van der Waals surface area (Å²) in [6, 6.07) is 20.0. The van der Waals surface area contributed by atoms with Gasteiger partial charge in [-0.15, -0.1) is 6.58 Å². The van der Waals surface area contributed by atoms with E-state index in [1.165, 1.54) is 0 Å². The number of nitrogens with one attached hydrogen (secondary N) is 1. The summed E-state index contributed by atoms with van der Waals surface area (Å²) in [4.78, 5) is 12.7. The first-order chi connectivity index (χ1) is 10.2. The van der Waals surface area contributed by atoms with Crippen LogP contribution in [0.2, 0.25) is 0 Å². The van der Waals surface area contributed by atoms with Gasteiger partial charge in [-0.1, -0.05) is 66.7 Å². The number of carbonyl (C=O) groups excluding carboxylic acids is 1. The minimum atomic E-state index is -0.592. The third-order valence-corrected chi connectivity index (χ3v) is 3.72. The number of rotatable bonds is 6. The van der Waals surface area contributed by atoms with Crippen LogP contribution in [0.4, 0.5) is 0 Å². The molecule has 2 rings (SSSR count). The molecule has 0 fully saturated rings. The first-order valence-corrected chi connectivity index (χ1v) is 7.15. The lowest BCUT2D eigenvalue weighted by molar-refractivity contribution is -0.126. The second-order valence-electron chi connectivity index (χ2n) is 5.36. The maximum atomic E-state index is 12.7. The molecule has 0 bridgehead atoms. The van der Waals surface area contributed by atoms with Gasteiger partial charge in [-0.3, -0.25) is 4.79 Å². The van der Waals surface area contributed by atoms with E-state index in [1.54, 1.807) is 6.08 Å². The Hall–Kier alpha value is -2.35. The van der Waals surface area contributed by atoms with E-state index in [0.717, 1.165) is 11.1 Å². The molecule has 21 heavy (non-hydrogen) atoms. The average molecular weight is 279 g/mol. The summed E-state index contributed by atoms with van der Waals surface area (Å²) < 4.78 is 0. The number of hydrogen-bond acceptors (Lipinski definition) is 1. The molecule has 1 amide bonds. The van der Waals surface area contributed by atoms with E-state index in [0.29, 0.717) is 13.0 Å². The molecule has 0 saturated heterocycles. The zero-order valence-corrected chi connectivity index (χ0v) is 12.4. The van der Waals surface area contributed by atoms with Crippen LogP contribution in [-0.2, 0) is 16.6 Å². The van der Waals surface area contributed by atoms with Gasteiger partial charge in [0.25, 0.3) is 0 Å². The van der Waals surface area contributed by atoms with Crippen LogP contribution < -0.4 is 5.32 Å². The molecule has 0 aliphatic rings. The molecule has 108 valence electrons. The maximum Gasteiger partial charge on any atom is 0.230 e. The summed E-state index contributed by atoms with van der Waals surface area (Å²) in [6.07, 6.45) is 2.37. The molecule has 2 aromatic rings. The Labute approximate surface area is 126 Å². The van der Waals surface area contributed by atoms with Gasteiger partial charge in [0.15, 0.2) is 0 Å². The van der Waals surface area contributed by atoms with Crippen molar-refractivity contribution in [2.45, 2.75) is 18.8 Å². The fourth-order valence-electron chi connectivity index (χ4n) is 2.48. The Bertz CT molecular complexity index is 591. The molecular weight excluding hydrogens is 258 g/mol. The normalized spacial score (nSPS) is 13.2. The standard InChI is InChI=1S/C19H21NO/c1-3-14-20-18(21)19(2,17-12-8-5-9-13-17)15-16-10-6-4-7-11-16/h3-13H,1,14-15H2,2H3,(H,20,21). The lowest BCUT2D eigenvalue weighted by atomic mass is 9.76. The highest BCUT2D eigenvalue weighted by Crippen LogP contribution is 2.28. The summed E-state index contributed by atoms with van der Waals surface area (Å²) in [6.45, 7) is 6.13. The van der Waals surface area contributed by atoms with Crippen LogP contribution in [-0.4, -0.2) is 12.5 Å². The van der Waals surface area contributed by atoms with E-state index >= 15 is 0 Å². The fraction of sp³-hybridized carbons (Fsp3) is 0.211. The summed E-state index contributed by atoms with van der Waals surface area (Å²) in [7, 11) is 0. The van der Waals surface area contributed by atoms with E-state index in [1.807, 2.05) is 55.5 Å². The summed E-state index contributed by atoms with van der Waals surface area (Å²) >= 11 is 0. The molecule has 0 radical (unpaired) electrons. The molecule has 0 aliphatic carbocycles. The van der Waals surface area contributed by atoms with Crippen LogP contribution in [0.1, 0.15) is 18.1 Å². The molecule has 2 nitrogen and oxygen atoms in total. The minimum Gasteiger partial charge on any atom is -0.352 e. The molecule has 2 aromatic carbocycles. The van der Waals surface area contributed by atoms with Crippen molar-refractivity contribution in [2.75, 3.05) is 6.54 Å². The Morgan fingerprint density at radius 2 is 1.67 bits per heavy atom. The lowest BCUT2D eigenvalue weighted by Gasteiger charge is -2.29. The number of amides is 1. The predicted molar refractivity (Wildman–Crippen MR) is 87.1 cm³/mol. The Morgan fingerprint density at radius 3 is 2.24 bits per heavy atom. The average Bonchev–Trinajstić information content (AvgIpc) is 2.54. The van der Waals surface area contributed by atoms with Crippen LogP contribution in [0.3, 0.4) is 0 Å². The van der Waals surface area contributed by atoms with Gasteiger partial charge in [0.1, 0.15) is 0 Å². The van der Waals surface area contributed by atoms with Crippen molar-refractivity contribution < 1.29 is 4.79 Å². The first kappa shape index (κ1) is 15.0. The van der Waals surface area contributed by atoms with Gasteiger partial charge in [0, 0.05) is 6.54 Å². The molecular formula is C19H21NO. The van der Waals surface area contributed by atoms with Crippen molar-refractivity contribution in [2.24, 2.45) is 0 Å². The summed E-state index contributed by atoms with van der Waals surface area (Å²) in [5.41, 5.74) is 1.58. The van der Waals surface area contributed by atoms with E-state index < -0.39 is 5.41 Å². The van der Waals surface area contributed by atoms with Crippen molar-refractivity contribution in [3.8, 4) is 0 Å². The molecule has 0 aromatic heterocycles. The van der Waals surface area contributed by atoms with Gasteiger partial charge in [0.05, 0.1) is 5.41 Å². The topological polar surface area (TPSA) is 29.1 Å². The first-order valence-electron chi connectivity index (χ1n) is 7.15. The van der Waals surface area contributed by atoms with E-state index in [2.05, 4.69) is 24.0 Å². The van der Waals surface area contributed by atoms with Crippen LogP contribution in [0.25, 0.3) is 0 Å². The second-order valence-corrected chi connectivity index (χ2v) is 5.36. The van der Waals surface area contributed by atoms with Gasteiger partial charge in [-0.2, -0.15) is 0 Å². The summed E-state index contributed by atoms with van der Waals surface area (Å²) in [5, 5.41) is 2.93. The van der Waals surface area contributed by atoms with Crippen molar-refractivity contribution in [1.29, 1.82) is 0 Å². The Morgan fingerprint density at radius 1 is 1.10 bits per heavy atom. The SMILES string of the molecule is C=CCNC(=O)C(C)(Cc1ccccc1)c1ccccc1. The third-order valence-electron chi connectivity index (χ3n) is 3.72. The van der Waals surface area contributed by atoms with Gasteiger partial charge in [-0.25, -0.2) is 0 Å². The zero-order valence-electron chi connectivity index (χ0n) is 12.4. The van der Waals surface area contributed by atoms with Gasteiger partial charge in [0.2, 0.25) is 5.91 Å². The van der Waals surface area contributed by atoms with E-state index in [9.17, 15) is 4.79 Å². The minimum absolute atomic E-state index is 0.0254. The number of carbonyl (C=O) groups is 1. The van der Waals surface area contributed by atoms with Crippen LogP contribution >= 0.6 is 0 Å². The largest absolute Gasteiger partial charge is 0.352 e. The molecule has 0 saturated carbocycles. The van der Waals surface area contributed by atoms with E-state index in [4.69, 9.17) is 0 Å². The molecule has 1 atom stereocenters. The Kier molecular flexibility index (Phi) is 4.94. The summed E-state index contributed by atoms with van der Waals surface area (Å²) in [5.74, 6) is 0.0254. The maximum absolute atomic E-state index is 12.7. The number of benzene rings is 2. The highest BCUT2D eigenvalue weighted by molar-refractivity contribution is 5.88. The third kappa shape index (κ3) is 3.60. The molecule has 1 N–H and O–H groups in total. The second kappa shape index (κ2) is 6.89. The van der Waals surface area contributed by atoms with Crippen molar-refractivity contribution in [1.82, 2.24) is 5.32 Å². The molecule has 0 aliphatic heterocycles. The monoisotopic (exact) mass is 279 g/mol. The van der Waals surface area contributed by atoms with Crippen molar-refractivity contribution >= 4 is 5.91 Å². The van der Waals surface area contributed by atoms with Gasteiger partial charge >= 0.3 is 0 Å². The highest BCUT2D eigenvalue weighted by Gasteiger charge is 2.34. The zero-order chi connectivity index (χ0) is 15.1. The van der Waals surface area contributed by atoms with E-state index in [-0.39, 0.29) is 5.91 Å². The van der Waals surface area contributed by atoms with Crippen molar-refractivity contribution in [3.05, 3.63) is 84.4 Å². The lowest BCUT2D eigenvalue weighted by Crippen LogP contribution is -2.44. The number of hydrogen-bond donors (Lipinski definition) is 1. The predicted octanol–water partition coefficient (Wildman–Crippen LogP) is 3.49. The smallest absolute Gasteiger partial charge is 0.230 e. The van der Waals surface area contributed by atoms with Crippen LogP contribution in [0.15, 0.2) is 73.3 Å². The molecule has 2 heteroatoms. The van der Waals surface area contributed by atoms with Crippen molar-refractivity contribution in [3.63, 3.8) is 0 Å². The molecule has 0 spiro atoms.